The number of nitro groups is 1. The summed E-state index contributed by atoms with van der Waals surface area (Å²) < 4.78 is 0. The van der Waals surface area contributed by atoms with Gasteiger partial charge in [-0.3, -0.25) is 14.9 Å². The highest BCUT2D eigenvalue weighted by Crippen LogP contribution is 2.28. The lowest BCUT2D eigenvalue weighted by molar-refractivity contribution is -0.487. The zero-order valence-electron chi connectivity index (χ0n) is 11.4. The lowest BCUT2D eigenvalue weighted by Gasteiger charge is -2.24. The lowest BCUT2D eigenvalue weighted by Crippen LogP contribution is -2.30. The molecule has 1 saturated carbocycles. The van der Waals surface area contributed by atoms with Crippen molar-refractivity contribution < 1.29 is 9.72 Å². The van der Waals surface area contributed by atoms with Crippen molar-refractivity contribution in [1.29, 1.82) is 0 Å². The molecule has 4 heteroatoms. The largest absolute Gasteiger partial charge is 0.299 e. The molecule has 0 unspecified atom stereocenters. The fourth-order valence-corrected chi connectivity index (χ4v) is 2.76. The normalized spacial score (nSPS) is 21.0. The van der Waals surface area contributed by atoms with Gasteiger partial charge in [-0.05, 0) is 18.4 Å². The molecular formula is C16H19NO3. The number of carbonyl (C=O) groups is 1. The molecule has 106 valence electrons. The third-order valence-corrected chi connectivity index (χ3v) is 3.81. The van der Waals surface area contributed by atoms with Gasteiger partial charge in [0.25, 0.3) is 0 Å². The fraction of sp³-hybridized carbons (Fsp3) is 0.438. The van der Waals surface area contributed by atoms with Crippen molar-refractivity contribution >= 4 is 11.9 Å². The first-order valence-electron chi connectivity index (χ1n) is 7.04. The molecule has 1 aromatic rings. The molecule has 20 heavy (non-hydrogen) atoms. The summed E-state index contributed by atoms with van der Waals surface area (Å²) in [7, 11) is 0. The van der Waals surface area contributed by atoms with Crippen LogP contribution in [0.5, 0.6) is 0 Å². The molecule has 0 spiro atoms. The second-order valence-corrected chi connectivity index (χ2v) is 5.27. The van der Waals surface area contributed by atoms with Crippen LogP contribution in [0.25, 0.3) is 6.08 Å². The molecular weight excluding hydrogens is 254 g/mol. The Morgan fingerprint density at radius 2 is 2.05 bits per heavy atom. The molecule has 0 bridgehead atoms. The van der Waals surface area contributed by atoms with E-state index in [1.807, 2.05) is 42.5 Å². The summed E-state index contributed by atoms with van der Waals surface area (Å²) in [5, 5.41) is 10.8. The minimum atomic E-state index is -0.318. The van der Waals surface area contributed by atoms with E-state index < -0.39 is 0 Å². The van der Waals surface area contributed by atoms with Gasteiger partial charge in [0, 0.05) is 17.3 Å². The number of benzene rings is 1. The Morgan fingerprint density at radius 1 is 1.30 bits per heavy atom. The SMILES string of the molecule is O=C1CCCC[C@H]1[C@H](/C=C/c1ccccc1)C[N+](=O)[O-]. The summed E-state index contributed by atoms with van der Waals surface area (Å²) in [6.07, 6.45) is 6.98. The van der Waals surface area contributed by atoms with Gasteiger partial charge >= 0.3 is 0 Å². The molecule has 1 aromatic carbocycles. The van der Waals surface area contributed by atoms with Crippen LogP contribution < -0.4 is 0 Å². The molecule has 0 amide bonds. The number of hydrogen-bond acceptors (Lipinski definition) is 3. The van der Waals surface area contributed by atoms with E-state index in [0.29, 0.717) is 6.42 Å². The van der Waals surface area contributed by atoms with Crippen LogP contribution in [-0.4, -0.2) is 17.3 Å². The number of ketones is 1. The summed E-state index contributed by atoms with van der Waals surface area (Å²) in [5.41, 5.74) is 1.00. The maximum Gasteiger partial charge on any atom is 0.210 e. The van der Waals surface area contributed by atoms with Gasteiger partial charge in [-0.2, -0.15) is 0 Å². The average molecular weight is 273 g/mol. The Balaban J connectivity index is 2.12. The average Bonchev–Trinajstić information content (AvgIpc) is 2.45. The van der Waals surface area contributed by atoms with E-state index in [0.717, 1.165) is 24.8 Å². The third kappa shape index (κ3) is 4.02. The van der Waals surface area contributed by atoms with Crippen molar-refractivity contribution in [2.75, 3.05) is 6.54 Å². The second kappa shape index (κ2) is 6.98. The van der Waals surface area contributed by atoms with Crippen molar-refractivity contribution in [3.05, 3.63) is 52.1 Å². The van der Waals surface area contributed by atoms with Crippen LogP contribution in [-0.2, 0) is 4.79 Å². The van der Waals surface area contributed by atoms with Gasteiger partial charge in [-0.25, -0.2) is 0 Å². The summed E-state index contributed by atoms with van der Waals surface area (Å²) in [6.45, 7) is -0.167. The van der Waals surface area contributed by atoms with Crippen molar-refractivity contribution in [1.82, 2.24) is 0 Å². The van der Waals surface area contributed by atoms with E-state index in [2.05, 4.69) is 0 Å². The topological polar surface area (TPSA) is 60.2 Å². The zero-order valence-corrected chi connectivity index (χ0v) is 11.4. The van der Waals surface area contributed by atoms with Gasteiger partial charge in [0.15, 0.2) is 0 Å². The summed E-state index contributed by atoms with van der Waals surface area (Å²) >= 11 is 0. The van der Waals surface area contributed by atoms with Gasteiger partial charge in [0.2, 0.25) is 6.54 Å². The highest BCUT2D eigenvalue weighted by atomic mass is 16.6. The van der Waals surface area contributed by atoms with Crippen LogP contribution in [0.15, 0.2) is 36.4 Å². The van der Waals surface area contributed by atoms with Gasteiger partial charge in [-0.1, -0.05) is 48.9 Å². The lowest BCUT2D eigenvalue weighted by atomic mass is 9.78. The molecule has 0 saturated heterocycles. The number of Topliss-reactive ketones (excluding diaryl/α,β-unsaturated/α-hetero) is 1. The van der Waals surface area contributed by atoms with Crippen LogP contribution >= 0.6 is 0 Å². The highest BCUT2D eigenvalue weighted by Gasteiger charge is 2.31. The van der Waals surface area contributed by atoms with Crippen LogP contribution in [0, 0.1) is 22.0 Å². The maximum absolute atomic E-state index is 12.0. The first kappa shape index (κ1) is 14.4. The van der Waals surface area contributed by atoms with Gasteiger partial charge < -0.3 is 0 Å². The van der Waals surface area contributed by atoms with Crippen molar-refractivity contribution in [3.8, 4) is 0 Å². The molecule has 1 aliphatic carbocycles. The van der Waals surface area contributed by atoms with E-state index in [1.165, 1.54) is 0 Å². The smallest absolute Gasteiger partial charge is 0.210 e. The molecule has 2 atom stereocenters. The van der Waals surface area contributed by atoms with Crippen LogP contribution in [0.4, 0.5) is 0 Å². The van der Waals surface area contributed by atoms with Gasteiger partial charge in [0.1, 0.15) is 5.78 Å². The predicted molar refractivity (Wildman–Crippen MR) is 77.8 cm³/mol. The van der Waals surface area contributed by atoms with Crippen molar-refractivity contribution in [3.63, 3.8) is 0 Å². The molecule has 1 fully saturated rings. The Hall–Kier alpha value is -1.97. The quantitative estimate of drug-likeness (QED) is 0.610. The summed E-state index contributed by atoms with van der Waals surface area (Å²) in [6, 6.07) is 9.67. The van der Waals surface area contributed by atoms with Crippen LogP contribution in [0.1, 0.15) is 31.2 Å². The molecule has 0 heterocycles. The van der Waals surface area contributed by atoms with Gasteiger partial charge in [0.05, 0.1) is 5.92 Å². The van der Waals surface area contributed by atoms with E-state index in [1.54, 1.807) is 0 Å². The summed E-state index contributed by atoms with van der Waals surface area (Å²) in [4.78, 5) is 22.5. The number of hydrogen-bond donors (Lipinski definition) is 0. The number of carbonyl (C=O) groups excluding carboxylic acids is 1. The number of nitrogens with zero attached hydrogens (tertiary/aromatic N) is 1. The Bertz CT molecular complexity index is 496. The zero-order chi connectivity index (χ0) is 14.4. The van der Waals surface area contributed by atoms with Gasteiger partial charge in [-0.15, -0.1) is 0 Å². The fourth-order valence-electron chi connectivity index (χ4n) is 2.76. The van der Waals surface area contributed by atoms with Crippen LogP contribution in [0.2, 0.25) is 0 Å². The first-order valence-corrected chi connectivity index (χ1v) is 7.04. The minimum absolute atomic E-state index is 0.167. The van der Waals surface area contributed by atoms with E-state index in [-0.39, 0.29) is 29.1 Å². The Kier molecular flexibility index (Phi) is 5.04. The molecule has 0 aliphatic heterocycles. The van der Waals surface area contributed by atoms with E-state index in [9.17, 15) is 14.9 Å². The summed E-state index contributed by atoms with van der Waals surface area (Å²) in [5.74, 6) is -0.298. The molecule has 1 aliphatic rings. The monoisotopic (exact) mass is 273 g/mol. The molecule has 0 radical (unpaired) electrons. The van der Waals surface area contributed by atoms with E-state index >= 15 is 0 Å². The maximum atomic E-state index is 12.0. The molecule has 4 nitrogen and oxygen atoms in total. The standard InChI is InChI=1S/C16H19NO3/c18-16-9-5-4-8-15(16)14(12-17(19)20)11-10-13-6-2-1-3-7-13/h1-3,6-7,10-11,14-15H,4-5,8-9,12H2/b11-10+/t14-,15+/m1/s1. The predicted octanol–water partition coefficient (Wildman–Crippen LogP) is 3.35. The second-order valence-electron chi connectivity index (χ2n) is 5.27. The minimum Gasteiger partial charge on any atom is -0.299 e. The highest BCUT2D eigenvalue weighted by molar-refractivity contribution is 5.82. The van der Waals surface area contributed by atoms with Crippen LogP contribution in [0.3, 0.4) is 0 Å². The Morgan fingerprint density at radius 3 is 2.70 bits per heavy atom. The first-order chi connectivity index (χ1) is 9.66. The van der Waals surface area contributed by atoms with Crippen molar-refractivity contribution in [2.24, 2.45) is 11.8 Å². The molecule has 0 N–H and O–H groups in total. The number of rotatable bonds is 5. The van der Waals surface area contributed by atoms with E-state index in [4.69, 9.17) is 0 Å². The molecule has 0 aromatic heterocycles. The third-order valence-electron chi connectivity index (χ3n) is 3.81. The molecule has 2 rings (SSSR count). The Labute approximate surface area is 118 Å². The van der Waals surface area contributed by atoms with Crippen molar-refractivity contribution in [2.45, 2.75) is 25.7 Å².